The summed E-state index contributed by atoms with van der Waals surface area (Å²) in [6.07, 6.45) is 3.59. The van der Waals surface area contributed by atoms with Gasteiger partial charge in [0.05, 0.1) is 18.2 Å². The van der Waals surface area contributed by atoms with Gasteiger partial charge in [-0.3, -0.25) is 4.90 Å². The second kappa shape index (κ2) is 2.48. The van der Waals surface area contributed by atoms with Crippen LogP contribution in [0.25, 0.3) is 0 Å². The smallest absolute Gasteiger partial charge is 0.408 e. The molecule has 4 heteroatoms. The van der Waals surface area contributed by atoms with Gasteiger partial charge < -0.3 is 10.2 Å². The Morgan fingerprint density at radius 2 is 1.83 bits per heavy atom. The third-order valence-electron chi connectivity index (χ3n) is 2.52. The maximum Gasteiger partial charge on any atom is 0.408 e. The molecule has 0 aromatic carbocycles. The second-order valence-corrected chi connectivity index (χ2v) is 3.33. The van der Waals surface area contributed by atoms with E-state index in [2.05, 4.69) is 0 Å². The van der Waals surface area contributed by atoms with Crippen molar-refractivity contribution in [3.05, 3.63) is 12.2 Å². The molecule has 2 heterocycles. The lowest BCUT2D eigenvalue weighted by atomic mass is 10.00. The Morgan fingerprint density at radius 1 is 1.33 bits per heavy atom. The van der Waals surface area contributed by atoms with Gasteiger partial charge in [-0.05, 0) is 12.8 Å². The van der Waals surface area contributed by atoms with Crippen LogP contribution in [0.3, 0.4) is 0 Å². The highest BCUT2D eigenvalue weighted by Crippen LogP contribution is 2.30. The monoisotopic (exact) mass is 169 g/mol. The minimum absolute atomic E-state index is 0.101. The van der Waals surface area contributed by atoms with E-state index in [1.165, 1.54) is 4.90 Å². The molecule has 0 spiro atoms. The molecule has 2 aliphatic heterocycles. The fourth-order valence-electron chi connectivity index (χ4n) is 2.01. The minimum Gasteiger partial charge on any atom is -0.465 e. The third-order valence-corrected chi connectivity index (χ3v) is 2.52. The average Bonchev–Trinajstić information content (AvgIpc) is 2.24. The van der Waals surface area contributed by atoms with Gasteiger partial charge in [0.1, 0.15) is 0 Å². The van der Waals surface area contributed by atoms with E-state index in [9.17, 15) is 9.90 Å². The SMILES string of the molecule is O=C(O)N1[C@@H]2C=C[C@H]1CC(O)C2. The van der Waals surface area contributed by atoms with E-state index in [0.29, 0.717) is 12.8 Å². The molecular formula is C8H11NO3. The number of carbonyl (C=O) groups is 1. The molecule has 66 valence electrons. The average molecular weight is 169 g/mol. The van der Waals surface area contributed by atoms with Crippen LogP contribution in [0.5, 0.6) is 0 Å². The molecule has 3 atom stereocenters. The molecule has 1 unspecified atom stereocenters. The van der Waals surface area contributed by atoms with Gasteiger partial charge >= 0.3 is 6.09 Å². The zero-order valence-corrected chi connectivity index (χ0v) is 6.55. The Hall–Kier alpha value is -1.03. The molecule has 0 radical (unpaired) electrons. The number of aliphatic hydroxyl groups is 1. The Balaban J connectivity index is 2.17. The summed E-state index contributed by atoms with van der Waals surface area (Å²) in [5, 5.41) is 18.1. The van der Waals surface area contributed by atoms with Crippen molar-refractivity contribution in [1.82, 2.24) is 4.90 Å². The number of piperidine rings is 1. The number of amides is 1. The summed E-state index contributed by atoms with van der Waals surface area (Å²) in [5.41, 5.74) is 0. The van der Waals surface area contributed by atoms with E-state index in [0.717, 1.165) is 0 Å². The van der Waals surface area contributed by atoms with Crippen LogP contribution in [-0.2, 0) is 0 Å². The first kappa shape index (κ1) is 7.61. The largest absolute Gasteiger partial charge is 0.465 e. The van der Waals surface area contributed by atoms with Crippen LogP contribution in [0.1, 0.15) is 12.8 Å². The van der Waals surface area contributed by atoms with Crippen LogP contribution >= 0.6 is 0 Å². The maximum absolute atomic E-state index is 10.7. The first-order chi connectivity index (χ1) is 5.68. The molecule has 0 aromatic rings. The Bertz CT molecular complexity index is 222. The number of hydrogen-bond donors (Lipinski definition) is 2. The molecule has 1 amide bonds. The van der Waals surface area contributed by atoms with E-state index < -0.39 is 6.09 Å². The fourth-order valence-corrected chi connectivity index (χ4v) is 2.01. The van der Waals surface area contributed by atoms with Crippen molar-refractivity contribution < 1.29 is 15.0 Å². The summed E-state index contributed by atoms with van der Waals surface area (Å²) in [4.78, 5) is 12.1. The summed E-state index contributed by atoms with van der Waals surface area (Å²) in [6.45, 7) is 0. The molecular weight excluding hydrogens is 158 g/mol. The fraction of sp³-hybridized carbons (Fsp3) is 0.625. The summed E-state index contributed by atoms with van der Waals surface area (Å²) < 4.78 is 0. The highest BCUT2D eigenvalue weighted by Gasteiger charge is 2.39. The normalized spacial score (nSPS) is 38.8. The summed E-state index contributed by atoms with van der Waals surface area (Å²) in [6, 6.07) is -0.201. The molecule has 4 nitrogen and oxygen atoms in total. The maximum atomic E-state index is 10.7. The van der Waals surface area contributed by atoms with Gasteiger partial charge in [0, 0.05) is 0 Å². The third kappa shape index (κ3) is 0.992. The van der Waals surface area contributed by atoms with Gasteiger partial charge in [-0.1, -0.05) is 12.2 Å². The second-order valence-electron chi connectivity index (χ2n) is 3.33. The Labute approximate surface area is 70.1 Å². The van der Waals surface area contributed by atoms with Crippen LogP contribution in [-0.4, -0.2) is 39.4 Å². The molecule has 0 aliphatic carbocycles. The van der Waals surface area contributed by atoms with E-state index >= 15 is 0 Å². The van der Waals surface area contributed by atoms with Crippen molar-refractivity contribution in [3.63, 3.8) is 0 Å². The number of hydrogen-bond acceptors (Lipinski definition) is 2. The van der Waals surface area contributed by atoms with Gasteiger partial charge in [-0.2, -0.15) is 0 Å². The Kier molecular flexibility index (Phi) is 1.58. The predicted octanol–water partition coefficient (Wildman–Crippen LogP) is 0.428. The minimum atomic E-state index is -0.887. The predicted molar refractivity (Wildman–Crippen MR) is 41.8 cm³/mol. The van der Waals surface area contributed by atoms with Crippen molar-refractivity contribution in [2.24, 2.45) is 0 Å². The van der Waals surface area contributed by atoms with E-state index in [-0.39, 0.29) is 18.2 Å². The van der Waals surface area contributed by atoms with Gasteiger partial charge in [0.25, 0.3) is 0 Å². The van der Waals surface area contributed by atoms with E-state index in [1.807, 2.05) is 12.2 Å². The van der Waals surface area contributed by atoms with Crippen molar-refractivity contribution in [3.8, 4) is 0 Å². The molecule has 2 rings (SSSR count). The molecule has 2 bridgehead atoms. The zero-order valence-electron chi connectivity index (χ0n) is 6.55. The standard InChI is InChI=1S/C8H11NO3/c10-7-3-5-1-2-6(4-7)9(5)8(11)12/h1-2,5-7,10H,3-4H2,(H,11,12)/t5-,6+,7?. The highest BCUT2D eigenvalue weighted by molar-refractivity contribution is 5.67. The number of rotatable bonds is 0. The lowest BCUT2D eigenvalue weighted by molar-refractivity contribution is 0.0454. The van der Waals surface area contributed by atoms with E-state index in [4.69, 9.17) is 5.11 Å². The molecule has 2 N–H and O–H groups in total. The summed E-state index contributed by atoms with van der Waals surface area (Å²) in [5.74, 6) is 0. The first-order valence-electron chi connectivity index (χ1n) is 4.06. The van der Waals surface area contributed by atoms with E-state index in [1.54, 1.807) is 0 Å². The summed E-state index contributed by atoms with van der Waals surface area (Å²) in [7, 11) is 0. The number of fused-ring (bicyclic) bond motifs is 2. The van der Waals surface area contributed by atoms with Crippen LogP contribution in [0.4, 0.5) is 4.79 Å². The quantitative estimate of drug-likeness (QED) is 0.517. The van der Waals surface area contributed by atoms with Crippen LogP contribution < -0.4 is 0 Å². The summed E-state index contributed by atoms with van der Waals surface area (Å²) >= 11 is 0. The lowest BCUT2D eigenvalue weighted by Crippen LogP contribution is -2.48. The highest BCUT2D eigenvalue weighted by atomic mass is 16.4. The first-order valence-corrected chi connectivity index (χ1v) is 4.06. The molecule has 2 aliphatic rings. The van der Waals surface area contributed by atoms with Crippen molar-refractivity contribution in [2.45, 2.75) is 31.0 Å². The number of nitrogens with zero attached hydrogens (tertiary/aromatic N) is 1. The van der Waals surface area contributed by atoms with Gasteiger partial charge in [0.15, 0.2) is 0 Å². The van der Waals surface area contributed by atoms with Crippen LogP contribution in [0.15, 0.2) is 12.2 Å². The number of aliphatic hydroxyl groups excluding tert-OH is 1. The molecule has 12 heavy (non-hydrogen) atoms. The zero-order chi connectivity index (χ0) is 8.72. The molecule has 0 saturated carbocycles. The van der Waals surface area contributed by atoms with Crippen molar-refractivity contribution in [2.75, 3.05) is 0 Å². The Morgan fingerprint density at radius 3 is 2.25 bits per heavy atom. The van der Waals surface area contributed by atoms with Gasteiger partial charge in [-0.25, -0.2) is 4.79 Å². The topological polar surface area (TPSA) is 60.8 Å². The van der Waals surface area contributed by atoms with Crippen molar-refractivity contribution >= 4 is 6.09 Å². The van der Waals surface area contributed by atoms with Crippen molar-refractivity contribution in [1.29, 1.82) is 0 Å². The molecule has 0 aromatic heterocycles. The molecule has 1 fully saturated rings. The van der Waals surface area contributed by atoms with Gasteiger partial charge in [-0.15, -0.1) is 0 Å². The lowest BCUT2D eigenvalue weighted by Gasteiger charge is -2.35. The number of carboxylic acid groups (broad SMARTS) is 1. The van der Waals surface area contributed by atoms with Gasteiger partial charge in [0.2, 0.25) is 0 Å². The van der Waals surface area contributed by atoms with Crippen LogP contribution in [0.2, 0.25) is 0 Å². The molecule has 1 saturated heterocycles. The van der Waals surface area contributed by atoms with Crippen LogP contribution in [0, 0.1) is 0 Å².